The molecular weight excluding hydrogens is 487 g/mol. The van der Waals surface area contributed by atoms with E-state index < -0.39 is 28.1 Å². The number of alkyl halides is 3. The molecule has 8 nitrogen and oxygen atoms in total. The van der Waals surface area contributed by atoms with E-state index in [4.69, 9.17) is 22.5 Å². The third-order valence-electron chi connectivity index (χ3n) is 3.31. The fraction of sp³-hybridized carbons (Fsp3) is 0.143. The predicted octanol–water partition coefficient (Wildman–Crippen LogP) is 5.74. The van der Waals surface area contributed by atoms with E-state index >= 15 is 0 Å². The van der Waals surface area contributed by atoms with Crippen molar-refractivity contribution in [3.63, 3.8) is 0 Å². The number of rotatable bonds is 3. The van der Waals surface area contributed by atoms with Crippen LogP contribution in [0.15, 0.2) is 46.6 Å². The zero-order valence-electron chi connectivity index (χ0n) is 13.5. The predicted molar refractivity (Wildman–Crippen MR) is 86.5 cm³/mol. The molecule has 3 rings (SSSR count). The quantitative estimate of drug-likeness (QED) is 0.320. The summed E-state index contributed by atoms with van der Waals surface area (Å²) in [6.07, 6.45) is -4.79. The second kappa shape index (κ2) is 9.08. The molecule has 28 heavy (non-hydrogen) atoms. The number of hydrogen-bond donors (Lipinski definition) is 2. The molecule has 14 heteroatoms. The third kappa shape index (κ3) is 5.13. The van der Waals surface area contributed by atoms with Crippen LogP contribution in [0.5, 0.6) is 0 Å². The van der Waals surface area contributed by atoms with Gasteiger partial charge in [-0.15, -0.1) is 15.9 Å². The number of anilines is 1. The largest absolute Gasteiger partial charge is 0.699 e. The second-order valence-corrected chi connectivity index (χ2v) is 5.51. The standard InChI is InChI=1S/C8H5F4N3O.C6H4ClN2O2.Y/c9-6-2-1-4(13-16)3-5(6)7(14-15-7)8(10,11)12;7-5-2-1-4(8)3-6(5)9(10)11;/h1-3,13,16H;1-3,8H;/q;-1;. The molecule has 147 valence electrons. The Morgan fingerprint density at radius 2 is 1.82 bits per heavy atom. The first-order valence-corrected chi connectivity index (χ1v) is 7.26. The maximum Gasteiger partial charge on any atom is 0.442 e. The molecule has 1 radical (unpaired) electrons. The van der Waals surface area contributed by atoms with Gasteiger partial charge in [0.2, 0.25) is 0 Å². The summed E-state index contributed by atoms with van der Waals surface area (Å²) in [6, 6.07) is 6.54. The summed E-state index contributed by atoms with van der Waals surface area (Å²) in [6.45, 7) is 0. The van der Waals surface area contributed by atoms with Crippen molar-refractivity contribution < 1.29 is 60.4 Å². The van der Waals surface area contributed by atoms with Gasteiger partial charge in [-0.05, 0) is 24.3 Å². The van der Waals surface area contributed by atoms with E-state index in [1.54, 1.807) is 5.48 Å². The fourth-order valence-corrected chi connectivity index (χ4v) is 2.12. The Kier molecular flexibility index (Phi) is 7.83. The van der Waals surface area contributed by atoms with Crippen LogP contribution < -0.4 is 5.48 Å². The van der Waals surface area contributed by atoms with E-state index in [-0.39, 0.29) is 54.8 Å². The molecule has 0 bridgehead atoms. The van der Waals surface area contributed by atoms with Gasteiger partial charge in [0.05, 0.1) is 16.2 Å². The summed E-state index contributed by atoms with van der Waals surface area (Å²) in [4.78, 5) is 9.60. The molecule has 0 unspecified atom stereocenters. The van der Waals surface area contributed by atoms with Crippen LogP contribution in [0.4, 0.5) is 34.6 Å². The summed E-state index contributed by atoms with van der Waals surface area (Å²) in [5, 5.41) is 24.5. The van der Waals surface area contributed by atoms with Crippen LogP contribution in [0.3, 0.4) is 0 Å². The summed E-state index contributed by atoms with van der Waals surface area (Å²) < 4.78 is 50.9. The van der Waals surface area contributed by atoms with Crippen LogP contribution in [0.1, 0.15) is 5.56 Å². The Bertz CT molecular complexity index is 907. The minimum absolute atomic E-state index is 0. The molecule has 0 saturated carbocycles. The van der Waals surface area contributed by atoms with Gasteiger partial charge in [0.15, 0.2) is 0 Å². The van der Waals surface area contributed by atoms with Crippen molar-refractivity contribution in [3.8, 4) is 0 Å². The van der Waals surface area contributed by atoms with Gasteiger partial charge in [-0.3, -0.25) is 20.8 Å². The maximum absolute atomic E-state index is 13.2. The zero-order valence-corrected chi connectivity index (χ0v) is 17.1. The van der Waals surface area contributed by atoms with Crippen molar-refractivity contribution in [1.29, 1.82) is 0 Å². The fourth-order valence-electron chi connectivity index (χ4n) is 1.94. The second-order valence-electron chi connectivity index (χ2n) is 5.10. The van der Waals surface area contributed by atoms with Crippen molar-refractivity contribution in [2.24, 2.45) is 10.2 Å². The molecule has 1 heterocycles. The van der Waals surface area contributed by atoms with Crippen molar-refractivity contribution in [3.05, 3.63) is 68.6 Å². The Hall–Kier alpha value is -1.89. The maximum atomic E-state index is 13.2. The Morgan fingerprint density at radius 1 is 1.21 bits per heavy atom. The summed E-state index contributed by atoms with van der Waals surface area (Å²) in [5.41, 5.74) is 4.93. The van der Waals surface area contributed by atoms with Crippen molar-refractivity contribution >= 4 is 28.7 Å². The summed E-state index contributed by atoms with van der Waals surface area (Å²) in [7, 11) is 0. The van der Waals surface area contributed by atoms with Gasteiger partial charge in [-0.25, -0.2) is 4.39 Å². The van der Waals surface area contributed by atoms with Gasteiger partial charge in [-0.2, -0.15) is 13.2 Å². The van der Waals surface area contributed by atoms with Crippen LogP contribution in [0, 0.1) is 15.9 Å². The molecule has 0 aliphatic carbocycles. The van der Waals surface area contributed by atoms with Crippen molar-refractivity contribution in [2.45, 2.75) is 11.8 Å². The number of benzene rings is 2. The monoisotopic (exact) mass is 495 g/mol. The molecule has 0 amide bonds. The van der Waals surface area contributed by atoms with Gasteiger partial charge in [0.25, 0.3) is 5.69 Å². The molecule has 2 aromatic carbocycles. The van der Waals surface area contributed by atoms with E-state index in [0.717, 1.165) is 24.3 Å². The topological polar surface area (TPSA) is 124 Å². The first kappa shape index (κ1) is 24.2. The minimum atomic E-state index is -4.79. The smallest absolute Gasteiger partial charge is 0.442 e. The Balaban J connectivity index is 0.000000289. The minimum Gasteiger partial charge on any atom is -0.699 e. The Morgan fingerprint density at radius 3 is 2.25 bits per heavy atom. The van der Waals surface area contributed by atoms with Gasteiger partial charge in [0.1, 0.15) is 10.8 Å². The number of nitrogens with zero attached hydrogens (tertiary/aromatic N) is 3. The molecule has 0 saturated heterocycles. The van der Waals surface area contributed by atoms with E-state index in [1.165, 1.54) is 12.1 Å². The average Bonchev–Trinajstić information content (AvgIpc) is 3.39. The normalized spacial score (nSPS) is 13.6. The first-order chi connectivity index (χ1) is 12.5. The van der Waals surface area contributed by atoms with Crippen molar-refractivity contribution in [1.82, 2.24) is 0 Å². The van der Waals surface area contributed by atoms with Crippen LogP contribution >= 0.6 is 11.6 Å². The van der Waals surface area contributed by atoms with Crippen LogP contribution in [-0.4, -0.2) is 16.3 Å². The van der Waals surface area contributed by atoms with Crippen molar-refractivity contribution in [2.75, 3.05) is 5.48 Å². The van der Waals surface area contributed by atoms with Crippen LogP contribution in [-0.2, 0) is 38.4 Å². The third-order valence-corrected chi connectivity index (χ3v) is 3.63. The Labute approximate surface area is 184 Å². The molecule has 0 aromatic heterocycles. The number of nitrogens with one attached hydrogen (secondary N) is 2. The number of halogens is 5. The van der Waals surface area contributed by atoms with E-state index in [2.05, 4.69) is 10.2 Å². The van der Waals surface area contributed by atoms with Gasteiger partial charge < -0.3 is 5.73 Å². The molecule has 3 N–H and O–H groups in total. The molecule has 0 spiro atoms. The average molecular weight is 496 g/mol. The first-order valence-electron chi connectivity index (χ1n) is 6.88. The van der Waals surface area contributed by atoms with Gasteiger partial charge in [-0.1, -0.05) is 17.7 Å². The van der Waals surface area contributed by atoms with Crippen LogP contribution in [0.2, 0.25) is 5.02 Å². The SMILES string of the molecule is ONc1ccc(F)c(C2(C(F)(F)F)N=N2)c1.[NH-]c1ccc(Cl)c([N+](=O)[O-])c1.[Y]. The zero-order chi connectivity index (χ0) is 20.4. The van der Waals surface area contributed by atoms with Gasteiger partial charge >= 0.3 is 11.8 Å². The van der Waals surface area contributed by atoms with E-state index in [9.17, 15) is 27.7 Å². The number of nitro groups is 1. The van der Waals surface area contributed by atoms with E-state index in [0.29, 0.717) is 0 Å². The number of nitro benzene ring substituents is 1. The molecule has 2 aromatic rings. The number of hydrogen-bond acceptors (Lipinski definition) is 6. The molecule has 1 aliphatic rings. The molecule has 1 aliphatic heterocycles. The molecular formula is C14H9ClF4N5O3Y-. The van der Waals surface area contributed by atoms with Crippen LogP contribution in [0.25, 0.3) is 5.73 Å². The van der Waals surface area contributed by atoms with E-state index in [1.807, 2.05) is 0 Å². The summed E-state index contributed by atoms with van der Waals surface area (Å²) >= 11 is 5.47. The molecule has 0 atom stereocenters. The molecule has 0 fully saturated rings. The summed E-state index contributed by atoms with van der Waals surface area (Å²) in [5.74, 6) is -1.08. The van der Waals surface area contributed by atoms with Gasteiger partial charge in [0, 0.05) is 38.8 Å².